The zero-order valence-electron chi connectivity index (χ0n) is 6.88. The van der Waals surface area contributed by atoms with E-state index in [-0.39, 0.29) is 0 Å². The van der Waals surface area contributed by atoms with Crippen LogP contribution in [0.3, 0.4) is 0 Å². The van der Waals surface area contributed by atoms with Crippen LogP contribution in [0.25, 0.3) is 0 Å². The second-order valence-corrected chi connectivity index (χ2v) is 2.81. The van der Waals surface area contributed by atoms with Crippen LogP contribution in [0.5, 0.6) is 0 Å². The monoisotopic (exact) mass is 140 g/mol. The third-order valence-corrected chi connectivity index (χ3v) is 1.78. The Hall–Kier alpha value is -0.660. The van der Waals surface area contributed by atoms with E-state index in [4.69, 9.17) is 0 Å². The van der Waals surface area contributed by atoms with E-state index in [1.54, 1.807) is 0 Å². The molecular weight excluding hydrogens is 124 g/mol. The van der Waals surface area contributed by atoms with Crippen molar-refractivity contribution < 1.29 is 0 Å². The Kier molecular flexibility index (Phi) is 2.60. The molecule has 1 heterocycles. The Balaban J connectivity index is 2.30. The molecule has 10 heavy (non-hydrogen) atoms. The molecule has 0 spiro atoms. The SMILES string of the molecule is CCCN1C=CN(C)CC1. The molecular formula is C8H16N2. The van der Waals surface area contributed by atoms with E-state index in [0.717, 1.165) is 6.54 Å². The van der Waals surface area contributed by atoms with Crippen LogP contribution in [0.1, 0.15) is 13.3 Å². The van der Waals surface area contributed by atoms with Gasteiger partial charge in [0.2, 0.25) is 0 Å². The van der Waals surface area contributed by atoms with E-state index < -0.39 is 0 Å². The molecule has 1 aliphatic rings. The van der Waals surface area contributed by atoms with Crippen molar-refractivity contribution in [1.29, 1.82) is 0 Å². The fourth-order valence-corrected chi connectivity index (χ4v) is 1.12. The summed E-state index contributed by atoms with van der Waals surface area (Å²) in [6.07, 6.45) is 5.56. The van der Waals surface area contributed by atoms with Gasteiger partial charge in [0, 0.05) is 39.1 Å². The number of rotatable bonds is 2. The smallest absolute Gasteiger partial charge is 0.0348 e. The molecule has 0 atom stereocenters. The molecule has 0 fully saturated rings. The second kappa shape index (κ2) is 3.49. The van der Waals surface area contributed by atoms with Gasteiger partial charge in [-0.1, -0.05) is 6.92 Å². The molecule has 2 heteroatoms. The largest absolute Gasteiger partial charge is 0.377 e. The maximum absolute atomic E-state index is 2.36. The van der Waals surface area contributed by atoms with Crippen molar-refractivity contribution >= 4 is 0 Å². The van der Waals surface area contributed by atoms with Crippen LogP contribution in [-0.2, 0) is 0 Å². The molecule has 2 nitrogen and oxygen atoms in total. The predicted octanol–water partition coefficient (Wildman–Crippen LogP) is 1.11. The van der Waals surface area contributed by atoms with Gasteiger partial charge in [0.05, 0.1) is 0 Å². The van der Waals surface area contributed by atoms with Gasteiger partial charge in [0.15, 0.2) is 0 Å². The molecule has 0 saturated carbocycles. The van der Waals surface area contributed by atoms with E-state index in [2.05, 4.69) is 36.2 Å². The normalized spacial score (nSPS) is 18.2. The molecule has 0 aromatic heterocycles. The highest BCUT2D eigenvalue weighted by molar-refractivity contribution is 4.86. The van der Waals surface area contributed by atoms with Crippen molar-refractivity contribution in [1.82, 2.24) is 9.80 Å². The summed E-state index contributed by atoms with van der Waals surface area (Å²) in [7, 11) is 2.11. The lowest BCUT2D eigenvalue weighted by Crippen LogP contribution is -2.32. The fourth-order valence-electron chi connectivity index (χ4n) is 1.12. The molecule has 0 amide bonds. The van der Waals surface area contributed by atoms with Gasteiger partial charge in [-0.3, -0.25) is 0 Å². The van der Waals surface area contributed by atoms with Crippen LogP contribution in [0.4, 0.5) is 0 Å². The number of hydrogen-bond donors (Lipinski definition) is 0. The molecule has 0 bridgehead atoms. The number of hydrogen-bond acceptors (Lipinski definition) is 2. The van der Waals surface area contributed by atoms with Crippen molar-refractivity contribution in [2.24, 2.45) is 0 Å². The zero-order valence-corrected chi connectivity index (χ0v) is 6.88. The average molecular weight is 140 g/mol. The molecule has 0 aliphatic carbocycles. The van der Waals surface area contributed by atoms with Crippen LogP contribution in [0.2, 0.25) is 0 Å². The van der Waals surface area contributed by atoms with E-state index in [1.807, 2.05) is 0 Å². The quantitative estimate of drug-likeness (QED) is 0.567. The van der Waals surface area contributed by atoms with E-state index >= 15 is 0 Å². The summed E-state index contributed by atoms with van der Waals surface area (Å²) in [5.41, 5.74) is 0. The molecule has 0 saturated heterocycles. The Morgan fingerprint density at radius 3 is 2.60 bits per heavy atom. The third kappa shape index (κ3) is 1.94. The standard InChI is InChI=1S/C8H16N2/c1-3-4-10-7-5-9(2)6-8-10/h5,7H,3-4,6,8H2,1-2H3. The van der Waals surface area contributed by atoms with Crippen LogP contribution in [0.15, 0.2) is 12.4 Å². The first kappa shape index (κ1) is 7.45. The highest BCUT2D eigenvalue weighted by Gasteiger charge is 2.03. The van der Waals surface area contributed by atoms with Gasteiger partial charge in [0.25, 0.3) is 0 Å². The molecule has 0 aromatic rings. The highest BCUT2D eigenvalue weighted by Crippen LogP contribution is 2.00. The van der Waals surface area contributed by atoms with Crippen LogP contribution in [-0.4, -0.2) is 36.5 Å². The molecule has 0 unspecified atom stereocenters. The van der Waals surface area contributed by atoms with Crippen molar-refractivity contribution in [2.75, 3.05) is 26.7 Å². The van der Waals surface area contributed by atoms with Gasteiger partial charge >= 0.3 is 0 Å². The van der Waals surface area contributed by atoms with Gasteiger partial charge < -0.3 is 9.80 Å². The lowest BCUT2D eigenvalue weighted by molar-refractivity contribution is 0.288. The molecule has 0 radical (unpaired) electrons. The molecule has 58 valence electrons. The average Bonchev–Trinajstić information content (AvgIpc) is 1.95. The van der Waals surface area contributed by atoms with Crippen molar-refractivity contribution in [3.63, 3.8) is 0 Å². The summed E-state index contributed by atoms with van der Waals surface area (Å²) in [4.78, 5) is 4.58. The van der Waals surface area contributed by atoms with Gasteiger partial charge in [-0.2, -0.15) is 0 Å². The minimum atomic E-state index is 1.16. The van der Waals surface area contributed by atoms with Crippen molar-refractivity contribution in [3.05, 3.63) is 12.4 Å². The number of nitrogens with zero attached hydrogens (tertiary/aromatic N) is 2. The van der Waals surface area contributed by atoms with E-state index in [0.29, 0.717) is 0 Å². The lowest BCUT2D eigenvalue weighted by atomic mass is 10.4. The predicted molar refractivity (Wildman–Crippen MR) is 43.6 cm³/mol. The van der Waals surface area contributed by atoms with E-state index in [9.17, 15) is 0 Å². The summed E-state index contributed by atoms with van der Waals surface area (Å²) in [5, 5.41) is 0. The Morgan fingerprint density at radius 1 is 1.30 bits per heavy atom. The first-order chi connectivity index (χ1) is 4.83. The van der Waals surface area contributed by atoms with Gasteiger partial charge in [-0.05, 0) is 6.42 Å². The van der Waals surface area contributed by atoms with Crippen molar-refractivity contribution in [2.45, 2.75) is 13.3 Å². The Labute approximate surface area is 63.1 Å². The third-order valence-electron chi connectivity index (χ3n) is 1.78. The zero-order chi connectivity index (χ0) is 7.40. The molecule has 0 aromatic carbocycles. The Bertz CT molecular complexity index is 120. The van der Waals surface area contributed by atoms with Gasteiger partial charge in [0.1, 0.15) is 0 Å². The molecule has 1 rings (SSSR count). The van der Waals surface area contributed by atoms with Crippen molar-refractivity contribution in [3.8, 4) is 0 Å². The maximum atomic E-state index is 2.36. The summed E-state index contributed by atoms with van der Waals surface area (Å²) in [6, 6.07) is 0. The van der Waals surface area contributed by atoms with E-state index in [1.165, 1.54) is 19.5 Å². The first-order valence-electron chi connectivity index (χ1n) is 3.95. The topological polar surface area (TPSA) is 6.48 Å². The number of likely N-dealkylation sites (N-methyl/N-ethyl adjacent to an activating group) is 1. The summed E-state index contributed by atoms with van der Waals surface area (Å²) >= 11 is 0. The first-order valence-corrected chi connectivity index (χ1v) is 3.95. The maximum Gasteiger partial charge on any atom is 0.0348 e. The van der Waals surface area contributed by atoms with Crippen LogP contribution < -0.4 is 0 Å². The van der Waals surface area contributed by atoms with Crippen LogP contribution >= 0.6 is 0 Å². The summed E-state index contributed by atoms with van der Waals surface area (Å²) in [5.74, 6) is 0. The summed E-state index contributed by atoms with van der Waals surface area (Å²) < 4.78 is 0. The second-order valence-electron chi connectivity index (χ2n) is 2.81. The summed E-state index contributed by atoms with van der Waals surface area (Å²) in [6.45, 7) is 5.76. The molecule has 0 N–H and O–H groups in total. The minimum absolute atomic E-state index is 1.16. The lowest BCUT2D eigenvalue weighted by Gasteiger charge is -2.28. The minimum Gasteiger partial charge on any atom is -0.377 e. The van der Waals surface area contributed by atoms with Crippen LogP contribution in [0, 0.1) is 0 Å². The fraction of sp³-hybridized carbons (Fsp3) is 0.750. The Morgan fingerprint density at radius 2 is 2.10 bits per heavy atom. The molecule has 1 aliphatic heterocycles. The highest BCUT2D eigenvalue weighted by atomic mass is 15.2. The van der Waals surface area contributed by atoms with Gasteiger partial charge in [-0.25, -0.2) is 0 Å². The van der Waals surface area contributed by atoms with Gasteiger partial charge in [-0.15, -0.1) is 0 Å².